The molecule has 20 heavy (non-hydrogen) atoms. The zero-order valence-electron chi connectivity index (χ0n) is 11.8. The van der Waals surface area contributed by atoms with E-state index in [0.29, 0.717) is 12.5 Å². The van der Waals surface area contributed by atoms with Gasteiger partial charge in [-0.25, -0.2) is 4.79 Å². The Hall–Kier alpha value is -1.07. The normalized spacial score (nSPS) is 42.4. The van der Waals surface area contributed by atoms with Crippen molar-refractivity contribution in [2.24, 2.45) is 11.3 Å². The van der Waals surface area contributed by atoms with Crippen LogP contribution in [0.5, 0.6) is 0 Å². The predicted octanol–water partition coefficient (Wildman–Crippen LogP) is 1.23. The number of aliphatic hydroxyl groups excluding tert-OH is 1. The van der Waals surface area contributed by atoms with Crippen molar-refractivity contribution in [1.29, 1.82) is 0 Å². The molecule has 1 saturated carbocycles. The molecule has 5 nitrogen and oxygen atoms in total. The van der Waals surface area contributed by atoms with Gasteiger partial charge in [-0.1, -0.05) is 12.5 Å². The van der Waals surface area contributed by atoms with Crippen molar-refractivity contribution in [2.45, 2.75) is 50.8 Å². The smallest absolute Gasteiger partial charge is 0.414 e. The quantitative estimate of drug-likeness (QED) is 0.797. The average Bonchev–Trinajstić information content (AvgIpc) is 2.46. The van der Waals surface area contributed by atoms with Crippen molar-refractivity contribution < 1.29 is 14.6 Å². The fourth-order valence-corrected chi connectivity index (χ4v) is 4.53. The van der Waals surface area contributed by atoms with Gasteiger partial charge >= 0.3 is 6.09 Å². The third-order valence-corrected chi connectivity index (χ3v) is 5.74. The van der Waals surface area contributed by atoms with Crippen LogP contribution in [0.2, 0.25) is 0 Å². The van der Waals surface area contributed by atoms with Gasteiger partial charge in [0.2, 0.25) is 0 Å². The molecular weight excluding hydrogens is 256 g/mol. The molecule has 110 valence electrons. The summed E-state index contributed by atoms with van der Waals surface area (Å²) in [6, 6.07) is 0.0276. The Balaban J connectivity index is 1.71. The number of ether oxygens (including phenoxy) is 1. The lowest BCUT2D eigenvalue weighted by Crippen LogP contribution is -2.60. The lowest BCUT2D eigenvalue weighted by molar-refractivity contribution is 0.0299. The van der Waals surface area contributed by atoms with Gasteiger partial charge in [0.05, 0.1) is 24.4 Å². The largest absolute Gasteiger partial charge is 0.449 e. The van der Waals surface area contributed by atoms with E-state index in [9.17, 15) is 9.90 Å². The van der Waals surface area contributed by atoms with Gasteiger partial charge in [-0.2, -0.15) is 0 Å². The third-order valence-electron chi connectivity index (χ3n) is 5.74. The second-order valence-electron chi connectivity index (χ2n) is 6.62. The van der Waals surface area contributed by atoms with E-state index in [-0.39, 0.29) is 23.6 Å². The van der Waals surface area contributed by atoms with Gasteiger partial charge in [0.1, 0.15) is 6.10 Å². The summed E-state index contributed by atoms with van der Waals surface area (Å²) in [6.07, 6.45) is 6.14. The summed E-state index contributed by atoms with van der Waals surface area (Å²) < 4.78 is 5.16. The van der Waals surface area contributed by atoms with E-state index in [4.69, 9.17) is 4.74 Å². The number of nitrogens with zero attached hydrogens (tertiary/aromatic N) is 1. The van der Waals surface area contributed by atoms with Crippen molar-refractivity contribution >= 4 is 6.09 Å². The van der Waals surface area contributed by atoms with Gasteiger partial charge in [0, 0.05) is 12.0 Å². The molecule has 0 radical (unpaired) electrons. The summed E-state index contributed by atoms with van der Waals surface area (Å²) in [5.74, 6) is 0.711. The lowest BCUT2D eigenvalue weighted by Gasteiger charge is -2.52. The molecule has 0 aromatic rings. The fourth-order valence-electron chi connectivity index (χ4n) is 4.53. The molecular formula is C15H22N2O3. The highest BCUT2D eigenvalue weighted by Crippen LogP contribution is 2.55. The molecule has 4 atom stereocenters. The minimum atomic E-state index is -0.575. The number of nitrogens with one attached hydrogen (secondary N) is 1. The highest BCUT2D eigenvalue weighted by molar-refractivity contribution is 5.72. The minimum Gasteiger partial charge on any atom is -0.449 e. The summed E-state index contributed by atoms with van der Waals surface area (Å²) in [6.45, 7) is 3.13. The van der Waals surface area contributed by atoms with E-state index >= 15 is 0 Å². The minimum absolute atomic E-state index is 0.0265. The van der Waals surface area contributed by atoms with Crippen molar-refractivity contribution in [3.8, 4) is 0 Å². The molecule has 0 aromatic carbocycles. The van der Waals surface area contributed by atoms with Crippen LogP contribution in [-0.4, -0.2) is 47.4 Å². The number of hydrogen-bond donors (Lipinski definition) is 2. The number of hydrogen-bond acceptors (Lipinski definition) is 4. The van der Waals surface area contributed by atoms with Crippen LogP contribution >= 0.6 is 0 Å². The Morgan fingerprint density at radius 3 is 3.05 bits per heavy atom. The van der Waals surface area contributed by atoms with Gasteiger partial charge in [-0.05, 0) is 32.1 Å². The topological polar surface area (TPSA) is 61.8 Å². The Morgan fingerprint density at radius 2 is 2.40 bits per heavy atom. The number of amides is 1. The molecule has 2 N–H and O–H groups in total. The van der Waals surface area contributed by atoms with Crippen molar-refractivity contribution in [1.82, 2.24) is 10.2 Å². The molecule has 0 spiro atoms. The fraction of sp³-hybridized carbons (Fsp3) is 0.800. The molecule has 3 aliphatic heterocycles. The maximum atomic E-state index is 12.2. The zero-order chi connectivity index (χ0) is 13.9. The third kappa shape index (κ3) is 1.48. The Kier molecular flexibility index (Phi) is 2.67. The summed E-state index contributed by atoms with van der Waals surface area (Å²) >= 11 is 0. The summed E-state index contributed by atoms with van der Waals surface area (Å²) in [7, 11) is 0. The first-order chi connectivity index (χ1) is 9.66. The maximum Gasteiger partial charge on any atom is 0.414 e. The highest BCUT2D eigenvalue weighted by Gasteiger charge is 2.60. The molecule has 1 aliphatic carbocycles. The van der Waals surface area contributed by atoms with E-state index in [1.165, 1.54) is 19.3 Å². The van der Waals surface area contributed by atoms with Crippen LogP contribution in [0.15, 0.2) is 11.8 Å². The number of piperidine rings is 1. The van der Waals surface area contributed by atoms with Crippen LogP contribution in [0.25, 0.3) is 0 Å². The molecule has 3 bridgehead atoms. The molecule has 4 aliphatic rings. The van der Waals surface area contributed by atoms with Gasteiger partial charge in [0.15, 0.2) is 0 Å². The summed E-state index contributed by atoms with van der Waals surface area (Å²) in [5, 5.41) is 14.0. The second kappa shape index (κ2) is 4.21. The molecule has 4 rings (SSSR count). The second-order valence-corrected chi connectivity index (χ2v) is 6.62. The first kappa shape index (κ1) is 12.7. The van der Waals surface area contributed by atoms with E-state index in [2.05, 4.69) is 11.4 Å². The van der Waals surface area contributed by atoms with Crippen molar-refractivity contribution in [2.75, 3.05) is 13.2 Å². The average molecular weight is 278 g/mol. The molecule has 0 aromatic heterocycles. The van der Waals surface area contributed by atoms with Crippen LogP contribution < -0.4 is 5.32 Å². The SMILES string of the molecule is CCOC(=O)N1C2=CC3(C4CCC4)CNC(C1C3)[C@H]2O. The number of carbonyl (C=O) groups is 1. The van der Waals surface area contributed by atoms with Gasteiger partial charge in [-0.15, -0.1) is 0 Å². The number of fused-ring (bicyclic) bond motifs is 2. The van der Waals surface area contributed by atoms with Gasteiger partial charge in [0.25, 0.3) is 0 Å². The van der Waals surface area contributed by atoms with E-state index in [0.717, 1.165) is 18.7 Å². The predicted molar refractivity (Wildman–Crippen MR) is 72.9 cm³/mol. The van der Waals surface area contributed by atoms with Gasteiger partial charge < -0.3 is 15.2 Å². The Labute approximate surface area is 119 Å². The van der Waals surface area contributed by atoms with E-state index in [1.807, 2.05) is 6.92 Å². The van der Waals surface area contributed by atoms with Gasteiger partial charge in [-0.3, -0.25) is 4.90 Å². The standard InChI is InChI=1S/C15H22N2O3/c1-2-20-14(19)17-10-6-15(9-4-3-5-9)7-11(17)13(18)12(10)16-8-15/h7,9-10,12-13,16,18H,2-6,8H2,1H3/t10?,12?,13-,15?/m0/s1. The molecule has 5 heteroatoms. The number of rotatable bonds is 2. The monoisotopic (exact) mass is 278 g/mol. The molecule has 1 amide bonds. The van der Waals surface area contributed by atoms with Crippen LogP contribution in [0, 0.1) is 11.3 Å². The zero-order valence-corrected chi connectivity index (χ0v) is 11.8. The van der Waals surface area contributed by atoms with Crippen LogP contribution in [0.4, 0.5) is 4.79 Å². The molecule has 2 saturated heterocycles. The summed E-state index contributed by atoms with van der Waals surface area (Å²) in [4.78, 5) is 13.9. The van der Waals surface area contributed by atoms with Crippen LogP contribution in [0.1, 0.15) is 32.6 Å². The molecule has 3 fully saturated rings. The summed E-state index contributed by atoms with van der Waals surface area (Å²) in [5.41, 5.74) is 0.927. The first-order valence-corrected chi connectivity index (χ1v) is 7.76. The van der Waals surface area contributed by atoms with E-state index in [1.54, 1.807) is 4.90 Å². The highest BCUT2D eigenvalue weighted by atomic mass is 16.6. The lowest BCUT2D eigenvalue weighted by atomic mass is 9.60. The van der Waals surface area contributed by atoms with Crippen molar-refractivity contribution in [3.05, 3.63) is 11.8 Å². The Morgan fingerprint density at radius 1 is 1.60 bits per heavy atom. The molecule has 3 unspecified atom stereocenters. The van der Waals surface area contributed by atoms with Crippen molar-refractivity contribution in [3.63, 3.8) is 0 Å². The number of aliphatic hydroxyl groups is 1. The van der Waals surface area contributed by atoms with Crippen LogP contribution in [0.3, 0.4) is 0 Å². The molecule has 3 heterocycles. The Bertz CT molecular complexity index is 474. The first-order valence-electron chi connectivity index (χ1n) is 7.76. The maximum absolute atomic E-state index is 12.2. The van der Waals surface area contributed by atoms with E-state index < -0.39 is 6.10 Å². The van der Waals surface area contributed by atoms with Crippen LogP contribution in [-0.2, 0) is 4.74 Å². The number of carbonyl (C=O) groups excluding carboxylic acids is 1.